The Morgan fingerprint density at radius 1 is 1.26 bits per heavy atom. The fraction of sp³-hybridized carbons (Fsp3) is 0.533. The summed E-state index contributed by atoms with van der Waals surface area (Å²) >= 11 is 3.45. The molecule has 1 rings (SSSR count). The summed E-state index contributed by atoms with van der Waals surface area (Å²) in [5, 5.41) is 2.99. The molecule has 0 aliphatic heterocycles. The minimum Gasteiger partial charge on any atom is -0.338 e. The second-order valence-electron chi connectivity index (χ2n) is 4.60. The third-order valence-electron chi connectivity index (χ3n) is 2.85. The van der Waals surface area contributed by atoms with Crippen molar-refractivity contribution >= 4 is 22.0 Å². The van der Waals surface area contributed by atoms with Gasteiger partial charge in [0.05, 0.1) is 0 Å². The predicted molar refractivity (Wildman–Crippen MR) is 83.4 cm³/mol. The minimum absolute atomic E-state index is 0.0543. The van der Waals surface area contributed by atoms with Crippen LogP contribution in [0.3, 0.4) is 0 Å². The van der Waals surface area contributed by atoms with E-state index >= 15 is 0 Å². The Labute approximate surface area is 124 Å². The van der Waals surface area contributed by atoms with Crippen molar-refractivity contribution in [3.05, 3.63) is 34.3 Å². The number of halogens is 1. The molecule has 0 unspecified atom stereocenters. The van der Waals surface area contributed by atoms with E-state index in [1.165, 1.54) is 5.56 Å². The van der Waals surface area contributed by atoms with Crippen LogP contribution in [0, 0.1) is 0 Å². The number of amides is 2. The third kappa shape index (κ3) is 6.10. The largest absolute Gasteiger partial charge is 0.338 e. The first kappa shape index (κ1) is 16.0. The van der Waals surface area contributed by atoms with Crippen LogP contribution in [-0.4, -0.2) is 30.6 Å². The van der Waals surface area contributed by atoms with Gasteiger partial charge in [0.2, 0.25) is 0 Å². The van der Waals surface area contributed by atoms with E-state index in [4.69, 9.17) is 0 Å². The maximum atomic E-state index is 12.0. The lowest BCUT2D eigenvalue weighted by atomic mass is 10.1. The van der Waals surface area contributed by atoms with Crippen LogP contribution < -0.4 is 5.32 Å². The van der Waals surface area contributed by atoms with Crippen LogP contribution in [0.25, 0.3) is 0 Å². The van der Waals surface area contributed by atoms with Crippen LogP contribution in [0.1, 0.15) is 32.3 Å². The van der Waals surface area contributed by atoms with Gasteiger partial charge in [0.1, 0.15) is 0 Å². The van der Waals surface area contributed by atoms with E-state index in [-0.39, 0.29) is 6.03 Å². The van der Waals surface area contributed by atoms with E-state index < -0.39 is 0 Å². The number of hydrogen-bond donors (Lipinski definition) is 1. The normalized spacial score (nSPS) is 10.3. The van der Waals surface area contributed by atoms with Crippen molar-refractivity contribution in [2.24, 2.45) is 0 Å². The fourth-order valence-electron chi connectivity index (χ4n) is 1.97. The van der Waals surface area contributed by atoms with Gasteiger partial charge in [0, 0.05) is 24.1 Å². The molecule has 0 bridgehead atoms. The van der Waals surface area contributed by atoms with Gasteiger partial charge < -0.3 is 10.2 Å². The molecule has 1 aromatic carbocycles. The Bertz CT molecular complexity index is 389. The Kier molecular flexibility index (Phi) is 7.56. The molecule has 19 heavy (non-hydrogen) atoms. The molecule has 3 nitrogen and oxygen atoms in total. The maximum absolute atomic E-state index is 12.0. The molecular weight excluding hydrogens is 304 g/mol. The second-order valence-corrected chi connectivity index (χ2v) is 5.51. The van der Waals surface area contributed by atoms with Gasteiger partial charge in [-0.2, -0.15) is 0 Å². The Morgan fingerprint density at radius 3 is 2.53 bits per heavy atom. The fourth-order valence-corrected chi connectivity index (χ4v) is 2.42. The van der Waals surface area contributed by atoms with E-state index in [0.717, 1.165) is 36.8 Å². The van der Waals surface area contributed by atoms with Crippen LogP contribution >= 0.6 is 15.9 Å². The van der Waals surface area contributed by atoms with Gasteiger partial charge in [-0.1, -0.05) is 41.9 Å². The highest BCUT2D eigenvalue weighted by Gasteiger charge is 2.10. The number of rotatable bonds is 7. The second kappa shape index (κ2) is 8.97. The van der Waals surface area contributed by atoms with Crippen LogP contribution in [0.4, 0.5) is 4.79 Å². The lowest BCUT2D eigenvalue weighted by molar-refractivity contribution is 0.198. The van der Waals surface area contributed by atoms with Crippen LogP contribution in [0.15, 0.2) is 28.7 Å². The molecule has 0 aliphatic carbocycles. The highest BCUT2D eigenvalue weighted by molar-refractivity contribution is 9.10. The molecule has 0 atom stereocenters. The van der Waals surface area contributed by atoms with Gasteiger partial charge >= 0.3 is 6.03 Å². The smallest absolute Gasteiger partial charge is 0.317 e. The van der Waals surface area contributed by atoms with Crippen molar-refractivity contribution < 1.29 is 4.79 Å². The van der Waals surface area contributed by atoms with Gasteiger partial charge in [-0.25, -0.2) is 4.79 Å². The summed E-state index contributed by atoms with van der Waals surface area (Å²) in [5.41, 5.74) is 1.23. The summed E-state index contributed by atoms with van der Waals surface area (Å²) in [6.07, 6.45) is 2.86. The molecule has 1 aromatic rings. The summed E-state index contributed by atoms with van der Waals surface area (Å²) in [7, 11) is 0. The van der Waals surface area contributed by atoms with E-state index in [0.29, 0.717) is 6.54 Å². The first-order chi connectivity index (χ1) is 9.17. The van der Waals surface area contributed by atoms with E-state index in [2.05, 4.69) is 47.2 Å². The van der Waals surface area contributed by atoms with Gasteiger partial charge in [-0.15, -0.1) is 0 Å². The van der Waals surface area contributed by atoms with Crippen molar-refractivity contribution in [1.82, 2.24) is 10.2 Å². The Morgan fingerprint density at radius 2 is 1.95 bits per heavy atom. The molecule has 0 aromatic heterocycles. The molecule has 2 amide bonds. The molecule has 0 saturated carbocycles. The summed E-state index contributed by atoms with van der Waals surface area (Å²) in [6, 6.07) is 8.24. The number of nitrogens with one attached hydrogen (secondary N) is 1. The highest BCUT2D eigenvalue weighted by atomic mass is 79.9. The Balaban J connectivity index is 2.36. The van der Waals surface area contributed by atoms with Crippen LogP contribution in [0.2, 0.25) is 0 Å². The quantitative estimate of drug-likeness (QED) is 0.811. The standard InChI is InChI=1S/C15H23BrN2O/c1-3-10-18(11-4-2)15(19)17-9-8-13-6-5-7-14(16)12-13/h5-7,12H,3-4,8-11H2,1-2H3,(H,17,19). The van der Waals surface area contributed by atoms with Gasteiger partial charge in [-0.05, 0) is 37.0 Å². The zero-order chi connectivity index (χ0) is 14.1. The molecule has 4 heteroatoms. The topological polar surface area (TPSA) is 32.3 Å². The molecule has 1 N–H and O–H groups in total. The average Bonchev–Trinajstić information content (AvgIpc) is 2.38. The molecule has 0 aliphatic rings. The summed E-state index contributed by atoms with van der Waals surface area (Å²) in [4.78, 5) is 13.9. The number of urea groups is 1. The first-order valence-corrected chi connectivity index (χ1v) is 7.73. The molecule has 0 spiro atoms. The lowest BCUT2D eigenvalue weighted by Crippen LogP contribution is -2.41. The van der Waals surface area contributed by atoms with Gasteiger partial charge in [0.15, 0.2) is 0 Å². The molecule has 0 fully saturated rings. The zero-order valence-corrected chi connectivity index (χ0v) is 13.4. The highest BCUT2D eigenvalue weighted by Crippen LogP contribution is 2.11. The molecule has 106 valence electrons. The summed E-state index contributed by atoms with van der Waals surface area (Å²) < 4.78 is 1.08. The van der Waals surface area contributed by atoms with Gasteiger partial charge in [0.25, 0.3) is 0 Å². The van der Waals surface area contributed by atoms with E-state index in [9.17, 15) is 4.79 Å². The Hall–Kier alpha value is -1.03. The minimum atomic E-state index is 0.0543. The summed E-state index contributed by atoms with van der Waals surface area (Å²) in [6.45, 7) is 6.53. The van der Waals surface area contributed by atoms with Crippen molar-refractivity contribution in [1.29, 1.82) is 0 Å². The number of benzene rings is 1. The third-order valence-corrected chi connectivity index (χ3v) is 3.35. The maximum Gasteiger partial charge on any atom is 0.317 e. The zero-order valence-electron chi connectivity index (χ0n) is 11.8. The monoisotopic (exact) mass is 326 g/mol. The first-order valence-electron chi connectivity index (χ1n) is 6.94. The van der Waals surface area contributed by atoms with Crippen molar-refractivity contribution in [2.75, 3.05) is 19.6 Å². The number of nitrogens with zero attached hydrogens (tertiary/aromatic N) is 1. The molecular formula is C15H23BrN2O. The van der Waals surface area contributed by atoms with E-state index in [1.54, 1.807) is 0 Å². The number of hydrogen-bond acceptors (Lipinski definition) is 1. The van der Waals surface area contributed by atoms with Crippen LogP contribution in [0.5, 0.6) is 0 Å². The van der Waals surface area contributed by atoms with Crippen molar-refractivity contribution in [3.63, 3.8) is 0 Å². The molecule has 0 heterocycles. The number of carbonyl (C=O) groups excluding carboxylic acids is 1. The predicted octanol–water partition coefficient (Wildman–Crippen LogP) is 3.82. The van der Waals surface area contributed by atoms with Gasteiger partial charge in [-0.3, -0.25) is 0 Å². The lowest BCUT2D eigenvalue weighted by Gasteiger charge is -2.21. The summed E-state index contributed by atoms with van der Waals surface area (Å²) in [5.74, 6) is 0. The molecule has 0 saturated heterocycles. The number of carbonyl (C=O) groups is 1. The van der Waals surface area contributed by atoms with Crippen molar-refractivity contribution in [3.8, 4) is 0 Å². The molecule has 0 radical (unpaired) electrons. The van der Waals surface area contributed by atoms with E-state index in [1.807, 2.05) is 17.0 Å². The van der Waals surface area contributed by atoms with Crippen molar-refractivity contribution in [2.45, 2.75) is 33.1 Å². The average molecular weight is 327 g/mol. The van der Waals surface area contributed by atoms with Crippen LogP contribution in [-0.2, 0) is 6.42 Å². The SMILES string of the molecule is CCCN(CCC)C(=O)NCCc1cccc(Br)c1.